The number of ether oxygens (including phenoxy) is 2. The first-order valence-electron chi connectivity index (χ1n) is 9.34. The van der Waals surface area contributed by atoms with Gasteiger partial charge >= 0.3 is 5.97 Å². The maximum absolute atomic E-state index is 12.3. The average molecular weight is 395 g/mol. The van der Waals surface area contributed by atoms with Gasteiger partial charge < -0.3 is 14.8 Å². The number of carbonyl (C=O) groups is 4. The Balaban J connectivity index is 1.49. The molecule has 2 aromatic carbocycles. The molecule has 0 unspecified atom stereocenters. The molecule has 7 nitrogen and oxygen atoms in total. The number of benzene rings is 2. The fourth-order valence-corrected chi connectivity index (χ4v) is 2.91. The molecule has 1 saturated heterocycles. The molecule has 1 amide bonds. The molecule has 0 saturated carbocycles. The van der Waals surface area contributed by atoms with E-state index >= 15 is 0 Å². The van der Waals surface area contributed by atoms with Crippen molar-refractivity contribution in [2.75, 3.05) is 19.8 Å². The zero-order chi connectivity index (χ0) is 20.6. The molecule has 0 aromatic heterocycles. The van der Waals surface area contributed by atoms with Crippen LogP contribution < -0.4 is 5.32 Å². The fraction of sp³-hybridized carbons (Fsp3) is 0.273. The SMILES string of the molecule is O=C(COC(=O)c1ccc(C(=O)C(=O)c2ccccc2)cc1)NC[C@H]1CCCO1. The summed E-state index contributed by atoms with van der Waals surface area (Å²) in [6.45, 7) is 0.687. The van der Waals surface area contributed by atoms with E-state index in [9.17, 15) is 19.2 Å². The molecule has 1 N–H and O–H groups in total. The second kappa shape index (κ2) is 9.75. The number of nitrogens with one attached hydrogen (secondary N) is 1. The molecule has 150 valence electrons. The minimum absolute atomic E-state index is 0.0123. The Hall–Kier alpha value is -3.32. The topological polar surface area (TPSA) is 98.8 Å². The van der Waals surface area contributed by atoms with Crippen LogP contribution in [0.25, 0.3) is 0 Å². The Morgan fingerprint density at radius 3 is 2.14 bits per heavy atom. The minimum Gasteiger partial charge on any atom is -0.452 e. The normalized spacial score (nSPS) is 15.5. The van der Waals surface area contributed by atoms with Crippen LogP contribution in [0.2, 0.25) is 0 Å². The van der Waals surface area contributed by atoms with Crippen LogP contribution in [0.1, 0.15) is 43.9 Å². The highest BCUT2D eigenvalue weighted by Crippen LogP contribution is 2.12. The third-order valence-electron chi connectivity index (χ3n) is 4.51. The first-order valence-corrected chi connectivity index (χ1v) is 9.34. The average Bonchev–Trinajstić information content (AvgIpc) is 3.29. The van der Waals surface area contributed by atoms with Crippen LogP contribution in [-0.4, -0.2) is 49.3 Å². The third kappa shape index (κ3) is 5.58. The van der Waals surface area contributed by atoms with E-state index in [1.54, 1.807) is 30.3 Å². The summed E-state index contributed by atoms with van der Waals surface area (Å²) < 4.78 is 10.4. The minimum atomic E-state index is -0.689. The zero-order valence-electron chi connectivity index (χ0n) is 15.8. The van der Waals surface area contributed by atoms with Crippen molar-refractivity contribution in [3.05, 3.63) is 71.3 Å². The predicted octanol–water partition coefficient (Wildman–Crippen LogP) is 2.20. The number of hydrogen-bond donors (Lipinski definition) is 1. The molecule has 0 radical (unpaired) electrons. The second-order valence-electron chi connectivity index (χ2n) is 6.62. The van der Waals surface area contributed by atoms with Crippen molar-refractivity contribution >= 4 is 23.4 Å². The quantitative estimate of drug-likeness (QED) is 0.418. The van der Waals surface area contributed by atoms with Gasteiger partial charge in [-0.25, -0.2) is 4.79 Å². The summed E-state index contributed by atoms with van der Waals surface area (Å²) >= 11 is 0. The Kier molecular flexibility index (Phi) is 6.86. The number of Topliss-reactive ketones (excluding diaryl/α,β-unsaturated/α-hetero) is 2. The molecule has 7 heteroatoms. The van der Waals surface area contributed by atoms with Gasteiger partial charge in [0.2, 0.25) is 11.6 Å². The summed E-state index contributed by atoms with van der Waals surface area (Å²) in [6, 6.07) is 13.8. The highest BCUT2D eigenvalue weighted by atomic mass is 16.5. The smallest absolute Gasteiger partial charge is 0.338 e. The molecule has 1 aliphatic rings. The molecule has 1 fully saturated rings. The summed E-state index contributed by atoms with van der Waals surface area (Å²) in [5.41, 5.74) is 0.653. The van der Waals surface area contributed by atoms with Gasteiger partial charge in [-0.2, -0.15) is 0 Å². The van der Waals surface area contributed by atoms with E-state index in [-0.39, 0.29) is 17.2 Å². The number of amides is 1. The number of hydrogen-bond acceptors (Lipinski definition) is 6. The van der Waals surface area contributed by atoms with Crippen LogP contribution in [0, 0.1) is 0 Å². The van der Waals surface area contributed by atoms with E-state index in [1.165, 1.54) is 24.3 Å². The van der Waals surface area contributed by atoms with E-state index in [0.29, 0.717) is 18.7 Å². The van der Waals surface area contributed by atoms with Gasteiger partial charge in [-0.15, -0.1) is 0 Å². The van der Waals surface area contributed by atoms with Crippen LogP contribution in [-0.2, 0) is 14.3 Å². The summed E-state index contributed by atoms with van der Waals surface area (Å²) in [4.78, 5) is 48.3. The summed E-state index contributed by atoms with van der Waals surface area (Å²) in [6.07, 6.45) is 1.89. The van der Waals surface area contributed by atoms with Gasteiger partial charge in [-0.05, 0) is 25.0 Å². The van der Waals surface area contributed by atoms with Crippen molar-refractivity contribution in [3.8, 4) is 0 Å². The Morgan fingerprint density at radius 1 is 0.897 bits per heavy atom. The third-order valence-corrected chi connectivity index (χ3v) is 4.51. The van der Waals surface area contributed by atoms with E-state index in [0.717, 1.165) is 12.8 Å². The van der Waals surface area contributed by atoms with Crippen molar-refractivity contribution in [1.29, 1.82) is 0 Å². The van der Waals surface area contributed by atoms with Crippen molar-refractivity contribution < 1.29 is 28.7 Å². The van der Waals surface area contributed by atoms with Gasteiger partial charge in [0.05, 0.1) is 11.7 Å². The van der Waals surface area contributed by atoms with Crippen LogP contribution in [0.4, 0.5) is 0 Å². The van der Waals surface area contributed by atoms with Crippen molar-refractivity contribution in [2.45, 2.75) is 18.9 Å². The summed E-state index contributed by atoms with van der Waals surface area (Å²) in [5.74, 6) is -2.38. The van der Waals surface area contributed by atoms with Gasteiger partial charge in [-0.3, -0.25) is 14.4 Å². The van der Waals surface area contributed by atoms with Gasteiger partial charge in [0.15, 0.2) is 6.61 Å². The van der Waals surface area contributed by atoms with E-state index in [2.05, 4.69) is 5.32 Å². The van der Waals surface area contributed by atoms with Gasteiger partial charge in [-0.1, -0.05) is 42.5 Å². The molecule has 0 spiro atoms. The number of rotatable bonds is 8. The number of esters is 1. The largest absolute Gasteiger partial charge is 0.452 e. The maximum atomic E-state index is 12.3. The molecular weight excluding hydrogens is 374 g/mol. The standard InChI is InChI=1S/C22H21NO6/c24-19(23-13-18-7-4-12-28-18)14-29-22(27)17-10-8-16(9-11-17)21(26)20(25)15-5-2-1-3-6-15/h1-3,5-6,8-11,18H,4,7,12-14H2,(H,23,24)/t18-/m1/s1. The van der Waals surface area contributed by atoms with Crippen molar-refractivity contribution in [2.24, 2.45) is 0 Å². The number of carbonyl (C=O) groups excluding carboxylic acids is 4. The Bertz CT molecular complexity index is 885. The van der Waals surface area contributed by atoms with Crippen LogP contribution in [0.15, 0.2) is 54.6 Å². The Morgan fingerprint density at radius 2 is 1.52 bits per heavy atom. The highest BCUT2D eigenvalue weighted by Gasteiger charge is 2.19. The highest BCUT2D eigenvalue weighted by molar-refractivity contribution is 6.49. The molecule has 3 rings (SSSR count). The molecule has 1 heterocycles. The fourth-order valence-electron chi connectivity index (χ4n) is 2.91. The monoisotopic (exact) mass is 395 g/mol. The number of ketones is 2. The zero-order valence-corrected chi connectivity index (χ0v) is 15.8. The molecule has 29 heavy (non-hydrogen) atoms. The maximum Gasteiger partial charge on any atom is 0.338 e. The molecular formula is C22H21NO6. The first kappa shape index (κ1) is 20.4. The predicted molar refractivity (Wildman–Crippen MR) is 104 cm³/mol. The Labute approximate surface area is 168 Å². The lowest BCUT2D eigenvalue weighted by Gasteiger charge is -2.11. The van der Waals surface area contributed by atoms with Crippen LogP contribution in [0.5, 0.6) is 0 Å². The lowest BCUT2D eigenvalue weighted by molar-refractivity contribution is -0.124. The molecule has 1 atom stereocenters. The second-order valence-corrected chi connectivity index (χ2v) is 6.62. The molecule has 1 aliphatic heterocycles. The molecule has 0 bridgehead atoms. The van der Waals surface area contributed by atoms with Crippen molar-refractivity contribution in [1.82, 2.24) is 5.32 Å². The van der Waals surface area contributed by atoms with Gasteiger partial charge in [0.1, 0.15) is 0 Å². The van der Waals surface area contributed by atoms with Gasteiger partial charge in [0, 0.05) is 24.3 Å². The van der Waals surface area contributed by atoms with E-state index in [4.69, 9.17) is 9.47 Å². The molecule has 2 aromatic rings. The first-order chi connectivity index (χ1) is 14.0. The van der Waals surface area contributed by atoms with Crippen LogP contribution in [0.3, 0.4) is 0 Å². The van der Waals surface area contributed by atoms with Crippen LogP contribution >= 0.6 is 0 Å². The van der Waals surface area contributed by atoms with Gasteiger partial charge in [0.25, 0.3) is 5.91 Å². The summed E-state index contributed by atoms with van der Waals surface area (Å²) in [5, 5.41) is 2.66. The lowest BCUT2D eigenvalue weighted by atomic mass is 10.0. The van der Waals surface area contributed by atoms with E-state index in [1.807, 2.05) is 0 Å². The lowest BCUT2D eigenvalue weighted by Crippen LogP contribution is -2.34. The molecule has 0 aliphatic carbocycles. The van der Waals surface area contributed by atoms with E-state index < -0.39 is 30.0 Å². The summed E-state index contributed by atoms with van der Waals surface area (Å²) in [7, 11) is 0. The van der Waals surface area contributed by atoms with Crippen molar-refractivity contribution in [3.63, 3.8) is 0 Å².